The van der Waals surface area contributed by atoms with Crippen LogP contribution in [0.3, 0.4) is 0 Å². The first-order chi connectivity index (χ1) is 16.5. The Hall–Kier alpha value is -2.28. The van der Waals surface area contributed by atoms with E-state index in [0.29, 0.717) is 12.1 Å². The molecule has 0 heterocycles. The van der Waals surface area contributed by atoms with Crippen LogP contribution >= 0.6 is 7.26 Å². The van der Waals surface area contributed by atoms with Crippen molar-refractivity contribution >= 4 is 34.6 Å². The van der Waals surface area contributed by atoms with Gasteiger partial charge in [-0.15, -0.1) is 0 Å². The summed E-state index contributed by atoms with van der Waals surface area (Å²) in [5.74, 6) is -2.99. The zero-order chi connectivity index (χ0) is 26.5. The summed E-state index contributed by atoms with van der Waals surface area (Å²) in [7, 11) is -5.54. The molecule has 0 aliphatic heterocycles. The number of aromatic carboxylic acids is 2. The van der Waals surface area contributed by atoms with Crippen molar-refractivity contribution in [2.75, 3.05) is 18.5 Å². The van der Waals surface area contributed by atoms with Crippen LogP contribution in [0.1, 0.15) is 80.0 Å². The average Bonchev–Trinajstić information content (AvgIpc) is 2.84. The maximum Gasteiger partial charge on any atom is 0.335 e. The highest BCUT2D eigenvalue weighted by atomic mass is 32.2. The largest absolute Gasteiger partial charge is 0.478 e. The Bertz CT molecular complexity index is 999. The quantitative estimate of drug-likeness (QED) is 0.214. The van der Waals surface area contributed by atoms with Gasteiger partial charge in [-0.2, -0.15) is 8.42 Å². The molecule has 0 amide bonds. The first kappa shape index (κ1) is 30.8. The van der Waals surface area contributed by atoms with Crippen LogP contribution in [0.15, 0.2) is 53.4 Å². The Kier molecular flexibility index (Phi) is 13.2. The molecule has 35 heavy (non-hydrogen) atoms. The summed E-state index contributed by atoms with van der Waals surface area (Å²) in [6, 6.07) is 13.6. The minimum Gasteiger partial charge on any atom is -0.478 e. The van der Waals surface area contributed by atoms with Gasteiger partial charge in [0.1, 0.15) is 0 Å². The van der Waals surface area contributed by atoms with Crippen molar-refractivity contribution in [1.82, 2.24) is 0 Å². The van der Waals surface area contributed by atoms with Gasteiger partial charge in [0.25, 0.3) is 10.1 Å². The molecule has 194 valence electrons. The number of carboxylic acid groups (broad SMARTS) is 2. The number of hydrogen-bond acceptors (Lipinski definition) is 4. The second kappa shape index (κ2) is 15.0. The van der Waals surface area contributed by atoms with E-state index in [1.165, 1.54) is 57.0 Å². The number of hydrogen-bond donors (Lipinski definition) is 3. The lowest BCUT2D eigenvalue weighted by Crippen LogP contribution is -2.20. The van der Waals surface area contributed by atoms with Crippen molar-refractivity contribution in [1.29, 1.82) is 0 Å². The fourth-order valence-electron chi connectivity index (χ4n) is 3.84. The molecule has 0 bridgehead atoms. The predicted octanol–water partition coefficient (Wildman–Crippen LogP) is 6.06. The highest BCUT2D eigenvalue weighted by Crippen LogP contribution is 2.59. The predicted molar refractivity (Wildman–Crippen MR) is 142 cm³/mol. The van der Waals surface area contributed by atoms with E-state index in [1.54, 1.807) is 5.30 Å². The lowest BCUT2D eigenvalue weighted by molar-refractivity contribution is 0.0696. The number of rotatable bonds is 13. The summed E-state index contributed by atoms with van der Waals surface area (Å²) >= 11 is 0. The molecule has 9 heteroatoms. The normalized spacial score (nSPS) is 11.4. The van der Waals surface area contributed by atoms with E-state index in [4.69, 9.17) is 14.8 Å². The number of benzene rings is 2. The van der Waals surface area contributed by atoms with Crippen molar-refractivity contribution in [2.24, 2.45) is 0 Å². The minimum atomic E-state index is -4.64. The molecule has 0 saturated heterocycles. The van der Waals surface area contributed by atoms with Gasteiger partial charge in [-0.05, 0) is 49.6 Å². The van der Waals surface area contributed by atoms with Gasteiger partial charge in [0.05, 0.1) is 39.8 Å². The summed E-state index contributed by atoms with van der Waals surface area (Å²) in [6.07, 6.45) is 12.7. The van der Waals surface area contributed by atoms with Crippen LogP contribution in [0.5, 0.6) is 0 Å². The van der Waals surface area contributed by atoms with Crippen molar-refractivity contribution < 1.29 is 32.8 Å². The van der Waals surface area contributed by atoms with E-state index < -0.39 is 45.3 Å². The molecule has 2 aromatic carbocycles. The summed E-state index contributed by atoms with van der Waals surface area (Å²) < 4.78 is 30.2. The molecule has 3 N–H and O–H groups in total. The van der Waals surface area contributed by atoms with E-state index in [-0.39, 0.29) is 0 Å². The molecule has 2 rings (SSSR count). The summed E-state index contributed by atoms with van der Waals surface area (Å²) in [6.45, 7) is 7.00. The molecule has 0 aliphatic carbocycles. The third-order valence-corrected chi connectivity index (χ3v) is 11.6. The number of unbranched alkanes of at least 4 members (excludes halogenated alkanes) is 3. The summed E-state index contributed by atoms with van der Waals surface area (Å²) in [5, 5.41) is 18.9. The van der Waals surface area contributed by atoms with E-state index >= 15 is 0 Å². The van der Waals surface area contributed by atoms with Gasteiger partial charge in [-0.25, -0.2) is 9.59 Å². The van der Waals surface area contributed by atoms with E-state index in [0.717, 1.165) is 6.07 Å². The minimum absolute atomic E-state index is 0.535. The van der Waals surface area contributed by atoms with Crippen molar-refractivity contribution in [3.8, 4) is 0 Å². The summed E-state index contributed by atoms with van der Waals surface area (Å²) in [4.78, 5) is 20.4. The molecule has 0 aliphatic rings. The van der Waals surface area contributed by atoms with E-state index in [2.05, 4.69) is 51.1 Å². The van der Waals surface area contributed by atoms with Crippen LogP contribution in [0.4, 0.5) is 0 Å². The smallest absolute Gasteiger partial charge is 0.335 e. The molecule has 7 nitrogen and oxygen atoms in total. The maximum absolute atomic E-state index is 10.8. The van der Waals surface area contributed by atoms with Gasteiger partial charge in [0, 0.05) is 7.26 Å². The first-order valence-corrected chi connectivity index (χ1v) is 15.8. The standard InChI is InChI=1S/C18H32P.C8H6O7S/c1-4-7-15-19(16-8-5-2,17-9-6-3)18-13-11-10-12-14-18;9-7(10)4-1-5(8(11)12)3-6(2-4)16(13,14)15/h10-14H,4-9,15-17H2,1-3H3;1-3H,(H,9,10)(H,11,12)(H,13,14,15)/q+1;. The van der Waals surface area contributed by atoms with Gasteiger partial charge < -0.3 is 10.2 Å². The fraction of sp³-hybridized carbons (Fsp3) is 0.462. The van der Waals surface area contributed by atoms with E-state index in [9.17, 15) is 18.0 Å². The lowest BCUT2D eigenvalue weighted by Gasteiger charge is -2.27. The third-order valence-electron chi connectivity index (χ3n) is 5.82. The van der Waals surface area contributed by atoms with Crippen LogP contribution in [-0.2, 0) is 10.1 Å². The third kappa shape index (κ3) is 10.1. The van der Waals surface area contributed by atoms with Crippen LogP contribution in [0.25, 0.3) is 0 Å². The Balaban J connectivity index is 0.000000355. The Labute approximate surface area is 209 Å². The summed E-state index contributed by atoms with van der Waals surface area (Å²) in [5.41, 5.74) is -1.07. The van der Waals surface area contributed by atoms with Gasteiger partial charge in [0.15, 0.2) is 0 Å². The molecule has 0 saturated carbocycles. The molecule has 0 unspecified atom stereocenters. The zero-order valence-electron chi connectivity index (χ0n) is 20.8. The molecule has 0 atom stereocenters. The van der Waals surface area contributed by atoms with Crippen molar-refractivity contribution in [3.05, 3.63) is 59.7 Å². The van der Waals surface area contributed by atoms with Gasteiger partial charge in [-0.1, -0.05) is 58.2 Å². The molecule has 0 radical (unpaired) electrons. The SMILES string of the molecule is CCCC[P+](CCCC)(CCCC)c1ccccc1.O=C(O)c1cc(C(=O)O)cc(S(=O)(=O)O)c1. The number of carbonyl (C=O) groups is 2. The molecule has 0 aromatic heterocycles. The molecular weight excluding hydrogens is 487 g/mol. The van der Waals surface area contributed by atoms with Crippen LogP contribution in [-0.4, -0.2) is 53.6 Å². The van der Waals surface area contributed by atoms with Crippen LogP contribution in [0, 0.1) is 0 Å². The van der Waals surface area contributed by atoms with Crippen LogP contribution < -0.4 is 5.30 Å². The topological polar surface area (TPSA) is 129 Å². The maximum atomic E-state index is 10.8. The Morgan fingerprint density at radius 2 is 1.14 bits per heavy atom. The second-order valence-electron chi connectivity index (χ2n) is 8.54. The highest BCUT2D eigenvalue weighted by Gasteiger charge is 2.37. The van der Waals surface area contributed by atoms with Crippen molar-refractivity contribution in [2.45, 2.75) is 64.2 Å². The molecular formula is C26H38O7PS+. The van der Waals surface area contributed by atoms with Crippen LogP contribution in [0.2, 0.25) is 0 Å². The van der Waals surface area contributed by atoms with Crippen molar-refractivity contribution in [3.63, 3.8) is 0 Å². The lowest BCUT2D eigenvalue weighted by atomic mass is 10.1. The molecule has 0 fully saturated rings. The Morgan fingerprint density at radius 3 is 1.46 bits per heavy atom. The van der Waals surface area contributed by atoms with E-state index in [1.807, 2.05) is 0 Å². The van der Waals surface area contributed by atoms with Gasteiger partial charge in [-0.3, -0.25) is 4.55 Å². The first-order valence-electron chi connectivity index (χ1n) is 12.0. The highest BCUT2D eigenvalue weighted by molar-refractivity contribution is 7.85. The van der Waals surface area contributed by atoms with Gasteiger partial charge in [0.2, 0.25) is 0 Å². The fourth-order valence-corrected chi connectivity index (χ4v) is 9.41. The number of carboxylic acids is 2. The van der Waals surface area contributed by atoms with Gasteiger partial charge >= 0.3 is 11.9 Å². The second-order valence-corrected chi connectivity index (χ2v) is 14.1. The Morgan fingerprint density at radius 1 is 0.743 bits per heavy atom. The zero-order valence-corrected chi connectivity index (χ0v) is 22.5. The average molecular weight is 526 g/mol. The monoisotopic (exact) mass is 525 g/mol. The molecule has 0 spiro atoms. The molecule has 2 aromatic rings.